The van der Waals surface area contributed by atoms with Gasteiger partial charge in [-0.25, -0.2) is 29.0 Å². The number of thiophene rings is 1. The molecule has 0 fully saturated rings. The monoisotopic (exact) mass is 296 g/mol. The Kier molecular flexibility index (Phi) is 3.03. The lowest BCUT2D eigenvalue weighted by Gasteiger charge is -2.06. The van der Waals surface area contributed by atoms with Crippen molar-refractivity contribution in [3.05, 3.63) is 41.0 Å². The van der Waals surface area contributed by atoms with Crippen molar-refractivity contribution in [2.24, 2.45) is 5.84 Å². The first kappa shape index (κ1) is 12.8. The van der Waals surface area contributed by atoms with Crippen molar-refractivity contribution in [1.29, 1.82) is 0 Å². The molecule has 8 heteroatoms. The first-order valence-corrected chi connectivity index (χ1v) is 6.35. The summed E-state index contributed by atoms with van der Waals surface area (Å²) in [5.41, 5.74) is 2.44. The molecule has 3 N–H and O–H groups in total. The molecule has 0 radical (unpaired) electrons. The summed E-state index contributed by atoms with van der Waals surface area (Å²) >= 11 is 1.33. The second-order valence-corrected chi connectivity index (χ2v) is 4.83. The first-order valence-electron chi connectivity index (χ1n) is 5.47. The number of benzene rings is 1. The highest BCUT2D eigenvalue weighted by Crippen LogP contribution is 2.29. The third kappa shape index (κ3) is 1.98. The second kappa shape index (κ2) is 4.73. The Morgan fingerprint density at radius 2 is 1.80 bits per heavy atom. The summed E-state index contributed by atoms with van der Waals surface area (Å²) in [4.78, 5) is 8.86. The SMILES string of the molecule is NNc1nc(-c2cc(F)c(F)c(F)c2)nc2sccc12. The number of anilines is 1. The number of nitrogens with zero attached hydrogens (tertiary/aromatic N) is 2. The van der Waals surface area contributed by atoms with E-state index in [1.165, 1.54) is 11.3 Å². The molecule has 2 aromatic heterocycles. The van der Waals surface area contributed by atoms with E-state index in [2.05, 4.69) is 15.4 Å². The molecule has 4 nitrogen and oxygen atoms in total. The van der Waals surface area contributed by atoms with Crippen LogP contribution in [0.4, 0.5) is 19.0 Å². The van der Waals surface area contributed by atoms with E-state index in [1.807, 2.05) is 0 Å². The minimum absolute atomic E-state index is 0.0354. The second-order valence-electron chi connectivity index (χ2n) is 3.93. The molecule has 0 atom stereocenters. The smallest absolute Gasteiger partial charge is 0.194 e. The van der Waals surface area contributed by atoms with Crippen molar-refractivity contribution in [1.82, 2.24) is 9.97 Å². The maximum atomic E-state index is 13.3. The molecular weight excluding hydrogens is 289 g/mol. The van der Waals surface area contributed by atoms with Gasteiger partial charge in [0.1, 0.15) is 4.83 Å². The molecule has 20 heavy (non-hydrogen) atoms. The maximum absolute atomic E-state index is 13.3. The molecule has 0 saturated carbocycles. The number of nitrogen functional groups attached to an aromatic ring is 1. The summed E-state index contributed by atoms with van der Waals surface area (Å²) in [5.74, 6) is 1.64. The van der Waals surface area contributed by atoms with Gasteiger partial charge in [-0.3, -0.25) is 0 Å². The van der Waals surface area contributed by atoms with E-state index in [9.17, 15) is 13.2 Å². The normalized spacial score (nSPS) is 11.0. The highest BCUT2D eigenvalue weighted by atomic mass is 32.1. The van der Waals surface area contributed by atoms with Crippen LogP contribution in [0.15, 0.2) is 23.6 Å². The molecule has 0 saturated heterocycles. The fraction of sp³-hybridized carbons (Fsp3) is 0. The Labute approximate surface area is 115 Å². The summed E-state index contributed by atoms with van der Waals surface area (Å²) < 4.78 is 39.5. The van der Waals surface area contributed by atoms with Gasteiger partial charge in [-0.15, -0.1) is 11.3 Å². The van der Waals surface area contributed by atoms with Crippen LogP contribution < -0.4 is 11.3 Å². The molecule has 0 aliphatic heterocycles. The molecule has 0 aliphatic rings. The van der Waals surface area contributed by atoms with Gasteiger partial charge in [0.15, 0.2) is 29.1 Å². The number of hydrogen-bond donors (Lipinski definition) is 2. The van der Waals surface area contributed by atoms with Gasteiger partial charge < -0.3 is 5.43 Å². The minimum Gasteiger partial charge on any atom is -0.308 e. The van der Waals surface area contributed by atoms with Crippen molar-refractivity contribution in [2.75, 3.05) is 5.43 Å². The lowest BCUT2D eigenvalue weighted by atomic mass is 10.2. The van der Waals surface area contributed by atoms with Crippen molar-refractivity contribution in [3.63, 3.8) is 0 Å². The summed E-state index contributed by atoms with van der Waals surface area (Å²) in [6.07, 6.45) is 0. The highest BCUT2D eigenvalue weighted by Gasteiger charge is 2.15. The quantitative estimate of drug-likeness (QED) is 0.433. The largest absolute Gasteiger partial charge is 0.308 e. The van der Waals surface area contributed by atoms with Crippen molar-refractivity contribution in [3.8, 4) is 11.4 Å². The highest BCUT2D eigenvalue weighted by molar-refractivity contribution is 7.16. The third-order valence-corrected chi connectivity index (χ3v) is 3.51. The van der Waals surface area contributed by atoms with Crippen LogP contribution in [0.3, 0.4) is 0 Å². The zero-order valence-corrected chi connectivity index (χ0v) is 10.6. The number of nitrogens with two attached hydrogens (primary N) is 1. The Balaban J connectivity index is 2.24. The van der Waals surface area contributed by atoms with E-state index in [0.29, 0.717) is 16.0 Å². The molecule has 0 bridgehead atoms. The van der Waals surface area contributed by atoms with Crippen LogP contribution in [0, 0.1) is 17.5 Å². The molecule has 0 aliphatic carbocycles. The zero-order valence-electron chi connectivity index (χ0n) is 9.82. The van der Waals surface area contributed by atoms with Gasteiger partial charge in [0.05, 0.1) is 5.39 Å². The number of nitrogens with one attached hydrogen (secondary N) is 1. The fourth-order valence-electron chi connectivity index (χ4n) is 1.78. The van der Waals surface area contributed by atoms with E-state index in [1.54, 1.807) is 11.4 Å². The number of hydrogen-bond acceptors (Lipinski definition) is 5. The minimum atomic E-state index is -1.52. The van der Waals surface area contributed by atoms with Crippen LogP contribution >= 0.6 is 11.3 Å². The summed E-state index contributed by atoms with van der Waals surface area (Å²) in [6.45, 7) is 0. The number of aromatic nitrogens is 2. The summed E-state index contributed by atoms with van der Waals surface area (Å²) in [7, 11) is 0. The Morgan fingerprint density at radius 1 is 1.10 bits per heavy atom. The molecule has 102 valence electrons. The predicted octanol–water partition coefficient (Wildman–Crippen LogP) is 3.06. The van der Waals surface area contributed by atoms with Gasteiger partial charge in [0.25, 0.3) is 0 Å². The molecule has 2 heterocycles. The zero-order chi connectivity index (χ0) is 14.3. The van der Waals surface area contributed by atoms with E-state index in [-0.39, 0.29) is 11.4 Å². The summed E-state index contributed by atoms with van der Waals surface area (Å²) in [5, 5.41) is 2.49. The Morgan fingerprint density at radius 3 is 2.45 bits per heavy atom. The lowest BCUT2D eigenvalue weighted by molar-refractivity contribution is 0.447. The van der Waals surface area contributed by atoms with Crippen molar-refractivity contribution in [2.45, 2.75) is 0 Å². The molecule has 0 amide bonds. The van der Waals surface area contributed by atoms with E-state index in [4.69, 9.17) is 5.84 Å². The summed E-state index contributed by atoms with van der Waals surface area (Å²) in [6, 6.07) is 3.45. The van der Waals surface area contributed by atoms with Crippen LogP contribution in [0.2, 0.25) is 0 Å². The van der Waals surface area contributed by atoms with Crippen LogP contribution in [0.5, 0.6) is 0 Å². The van der Waals surface area contributed by atoms with Gasteiger partial charge in [-0.1, -0.05) is 0 Å². The average molecular weight is 296 g/mol. The molecule has 1 aromatic carbocycles. The van der Waals surface area contributed by atoms with Gasteiger partial charge >= 0.3 is 0 Å². The van der Waals surface area contributed by atoms with Crippen LogP contribution in [-0.2, 0) is 0 Å². The maximum Gasteiger partial charge on any atom is 0.194 e. The van der Waals surface area contributed by atoms with Gasteiger partial charge in [0.2, 0.25) is 0 Å². The van der Waals surface area contributed by atoms with Crippen LogP contribution in [0.1, 0.15) is 0 Å². The first-order chi connectivity index (χ1) is 9.60. The molecular formula is C12H7F3N4S. The molecule has 0 unspecified atom stereocenters. The van der Waals surface area contributed by atoms with Crippen LogP contribution in [0.25, 0.3) is 21.6 Å². The van der Waals surface area contributed by atoms with E-state index >= 15 is 0 Å². The Bertz CT molecular complexity index is 779. The van der Waals surface area contributed by atoms with Crippen molar-refractivity contribution >= 4 is 27.4 Å². The van der Waals surface area contributed by atoms with E-state index < -0.39 is 17.5 Å². The number of fused-ring (bicyclic) bond motifs is 1. The topological polar surface area (TPSA) is 63.8 Å². The Hall–Kier alpha value is -2.19. The molecule has 3 rings (SSSR count). The predicted molar refractivity (Wildman–Crippen MR) is 70.5 cm³/mol. The van der Waals surface area contributed by atoms with Crippen molar-refractivity contribution < 1.29 is 13.2 Å². The van der Waals surface area contributed by atoms with Gasteiger partial charge in [-0.2, -0.15) is 0 Å². The molecule has 0 spiro atoms. The number of halogens is 3. The molecule has 3 aromatic rings. The third-order valence-electron chi connectivity index (χ3n) is 2.70. The van der Waals surface area contributed by atoms with Gasteiger partial charge in [-0.05, 0) is 23.6 Å². The average Bonchev–Trinajstić information content (AvgIpc) is 2.91. The van der Waals surface area contributed by atoms with Gasteiger partial charge in [0, 0.05) is 5.56 Å². The van der Waals surface area contributed by atoms with E-state index in [0.717, 1.165) is 12.1 Å². The van der Waals surface area contributed by atoms with Crippen LogP contribution in [-0.4, -0.2) is 9.97 Å². The fourth-order valence-corrected chi connectivity index (χ4v) is 2.54. The number of rotatable bonds is 2. The standard InChI is InChI=1S/C12H7F3N4S/c13-7-3-5(4-8(14)9(7)15)10-17-11(19-16)6-1-2-20-12(6)18-10/h1-4H,16H2,(H,17,18,19). The number of hydrazine groups is 1. The lowest BCUT2D eigenvalue weighted by Crippen LogP contribution is -2.09.